The molecule has 222 valence electrons. The smallest absolute Gasteiger partial charge is 0.220 e. The minimum absolute atomic E-state index is 0.261. The van der Waals surface area contributed by atoms with Crippen molar-refractivity contribution in [1.82, 2.24) is 0 Å². The number of rotatable bonds is 12. The Bertz CT molecular complexity index is 1380. The van der Waals surface area contributed by atoms with Gasteiger partial charge in [-0.1, -0.05) is 115 Å². The molecule has 4 aromatic rings. The molecule has 6 rings (SSSR count). The first-order valence-electron chi connectivity index (χ1n) is 14.9. The Kier molecular flexibility index (Phi) is 10.3. The molecule has 0 spiro atoms. The maximum Gasteiger partial charge on any atom is 0.220 e. The van der Waals surface area contributed by atoms with Crippen LogP contribution in [0.15, 0.2) is 133 Å². The van der Waals surface area contributed by atoms with Gasteiger partial charge in [-0.25, -0.2) is 0 Å². The minimum atomic E-state index is -0.593. The van der Waals surface area contributed by atoms with Crippen molar-refractivity contribution in [2.45, 2.75) is 63.1 Å². The van der Waals surface area contributed by atoms with Gasteiger partial charge in [-0.05, 0) is 41.3 Å². The van der Waals surface area contributed by atoms with E-state index in [0.29, 0.717) is 32.8 Å². The molecule has 0 N–H and O–H groups in total. The Hall–Kier alpha value is -3.78. The summed E-state index contributed by atoms with van der Waals surface area (Å²) in [5, 5.41) is 0. The van der Waals surface area contributed by atoms with E-state index in [1.807, 2.05) is 91.0 Å². The monoisotopic (exact) mass is 578 g/mol. The second-order valence-electron chi connectivity index (χ2n) is 10.8. The fourth-order valence-corrected chi connectivity index (χ4v) is 5.49. The van der Waals surface area contributed by atoms with Crippen LogP contribution in [0.2, 0.25) is 0 Å². The number of ether oxygens (including phenoxy) is 6. The first-order valence-corrected chi connectivity index (χ1v) is 14.9. The van der Waals surface area contributed by atoms with Crippen LogP contribution in [-0.2, 0) is 43.5 Å². The fourth-order valence-electron chi connectivity index (χ4n) is 5.49. The molecular weight excluding hydrogens is 540 g/mol. The van der Waals surface area contributed by atoms with Crippen molar-refractivity contribution in [3.8, 4) is 5.75 Å². The van der Waals surface area contributed by atoms with Gasteiger partial charge in [-0.15, -0.1) is 0 Å². The van der Waals surface area contributed by atoms with Crippen LogP contribution in [0.3, 0.4) is 0 Å². The number of hydrogen-bond acceptors (Lipinski definition) is 6. The van der Waals surface area contributed by atoms with Gasteiger partial charge >= 0.3 is 0 Å². The maximum absolute atomic E-state index is 6.73. The molecule has 6 heteroatoms. The van der Waals surface area contributed by atoms with E-state index in [1.54, 1.807) is 0 Å². The van der Waals surface area contributed by atoms with Crippen LogP contribution in [-0.4, -0.2) is 43.4 Å². The van der Waals surface area contributed by atoms with Crippen LogP contribution >= 0.6 is 0 Å². The lowest BCUT2D eigenvalue weighted by Gasteiger charge is -2.46. The molecule has 0 aromatic heterocycles. The average Bonchev–Trinajstić information content (AvgIpc) is 3.26. The highest BCUT2D eigenvalue weighted by Crippen LogP contribution is 2.34. The summed E-state index contributed by atoms with van der Waals surface area (Å²) in [5.41, 5.74) is 3.26. The molecule has 0 radical (unpaired) electrons. The Morgan fingerprint density at radius 1 is 0.581 bits per heavy atom. The lowest BCUT2D eigenvalue weighted by atomic mass is 9.92. The predicted octanol–water partition coefficient (Wildman–Crippen LogP) is 6.89. The lowest BCUT2D eigenvalue weighted by molar-refractivity contribution is -0.283. The Labute approximate surface area is 253 Å². The summed E-state index contributed by atoms with van der Waals surface area (Å²) in [6.07, 6.45) is 2.14. The van der Waals surface area contributed by atoms with Crippen molar-refractivity contribution in [3.63, 3.8) is 0 Å². The van der Waals surface area contributed by atoms with Crippen molar-refractivity contribution in [2.24, 2.45) is 0 Å². The molecule has 2 aliphatic heterocycles. The molecular formula is C37H38O6. The number of para-hydroxylation sites is 1. The van der Waals surface area contributed by atoms with Gasteiger partial charge in [0.2, 0.25) is 6.29 Å². The zero-order chi connectivity index (χ0) is 29.1. The second-order valence-corrected chi connectivity index (χ2v) is 10.8. The third kappa shape index (κ3) is 8.20. The molecule has 2 aliphatic rings. The van der Waals surface area contributed by atoms with Gasteiger partial charge in [0.1, 0.15) is 30.2 Å². The van der Waals surface area contributed by atoms with Gasteiger partial charge in [-0.3, -0.25) is 0 Å². The molecule has 6 nitrogen and oxygen atoms in total. The van der Waals surface area contributed by atoms with Crippen LogP contribution in [0, 0.1) is 0 Å². The Balaban J connectivity index is 1.25. The van der Waals surface area contributed by atoms with Crippen molar-refractivity contribution in [1.29, 1.82) is 0 Å². The highest BCUT2D eigenvalue weighted by atomic mass is 16.7. The summed E-state index contributed by atoms with van der Waals surface area (Å²) < 4.78 is 39.2. The van der Waals surface area contributed by atoms with Gasteiger partial charge in [0, 0.05) is 0 Å². The average molecular weight is 579 g/mol. The summed E-state index contributed by atoms with van der Waals surface area (Å²) in [7, 11) is 0. The second kappa shape index (κ2) is 15.1. The number of hydrogen-bond donors (Lipinski definition) is 0. The molecule has 0 unspecified atom stereocenters. The van der Waals surface area contributed by atoms with E-state index in [4.69, 9.17) is 28.4 Å². The fraction of sp³-hybridized carbons (Fsp3) is 0.297. The first kappa shape index (κ1) is 29.3. The number of benzene rings is 4. The van der Waals surface area contributed by atoms with Crippen LogP contribution < -0.4 is 4.74 Å². The molecule has 0 saturated carbocycles. The minimum Gasteiger partial charge on any atom is -0.461 e. The van der Waals surface area contributed by atoms with Crippen LogP contribution in [0.5, 0.6) is 5.75 Å². The van der Waals surface area contributed by atoms with E-state index < -0.39 is 24.6 Å². The summed E-state index contributed by atoms with van der Waals surface area (Å²) in [6.45, 7) is 1.67. The lowest BCUT2D eigenvalue weighted by Crippen LogP contribution is -2.61. The molecule has 1 fully saturated rings. The van der Waals surface area contributed by atoms with Crippen LogP contribution in [0.25, 0.3) is 0 Å². The molecule has 6 atom stereocenters. The predicted molar refractivity (Wildman–Crippen MR) is 164 cm³/mol. The third-order valence-corrected chi connectivity index (χ3v) is 7.64. The van der Waals surface area contributed by atoms with E-state index in [1.165, 1.54) is 0 Å². The van der Waals surface area contributed by atoms with E-state index in [9.17, 15) is 0 Å². The zero-order valence-electron chi connectivity index (χ0n) is 24.2. The summed E-state index contributed by atoms with van der Waals surface area (Å²) in [5.74, 6) is 0.734. The third-order valence-electron chi connectivity index (χ3n) is 7.64. The van der Waals surface area contributed by atoms with Gasteiger partial charge in [-0.2, -0.15) is 0 Å². The van der Waals surface area contributed by atoms with Gasteiger partial charge < -0.3 is 28.4 Å². The van der Waals surface area contributed by atoms with Crippen molar-refractivity contribution in [3.05, 3.63) is 150 Å². The van der Waals surface area contributed by atoms with Crippen molar-refractivity contribution >= 4 is 0 Å². The summed E-state index contributed by atoms with van der Waals surface area (Å²) >= 11 is 0. The number of fused-ring (bicyclic) bond motifs is 1. The SMILES string of the molecule is C1=C[C@@H](Oc2ccccc2)O[C@@H]2[C@@H](OCc3ccccc3)[C@H](OCc3ccccc3)[C@@H](COCc3ccccc3)O[C@H]2C1. The van der Waals surface area contributed by atoms with E-state index in [-0.39, 0.29) is 12.2 Å². The molecule has 2 heterocycles. The first-order chi connectivity index (χ1) is 21.3. The van der Waals surface area contributed by atoms with Gasteiger partial charge in [0.25, 0.3) is 0 Å². The summed E-state index contributed by atoms with van der Waals surface area (Å²) in [6, 6.07) is 40.2. The van der Waals surface area contributed by atoms with Gasteiger partial charge in [0.05, 0.1) is 32.5 Å². The summed E-state index contributed by atoms with van der Waals surface area (Å²) in [4.78, 5) is 0. The highest BCUT2D eigenvalue weighted by molar-refractivity contribution is 5.22. The molecule has 1 saturated heterocycles. The normalized spacial score (nSPS) is 25.0. The quantitative estimate of drug-likeness (QED) is 0.171. The maximum atomic E-state index is 6.73. The largest absolute Gasteiger partial charge is 0.461 e. The van der Waals surface area contributed by atoms with Crippen molar-refractivity contribution in [2.75, 3.05) is 6.61 Å². The Morgan fingerprint density at radius 2 is 1.12 bits per heavy atom. The van der Waals surface area contributed by atoms with E-state index in [2.05, 4.69) is 42.5 Å². The molecule has 43 heavy (non-hydrogen) atoms. The van der Waals surface area contributed by atoms with Crippen molar-refractivity contribution < 1.29 is 28.4 Å². The molecule has 0 amide bonds. The van der Waals surface area contributed by atoms with E-state index in [0.717, 1.165) is 22.4 Å². The molecule has 4 aromatic carbocycles. The van der Waals surface area contributed by atoms with Gasteiger partial charge in [0.15, 0.2) is 0 Å². The Morgan fingerprint density at radius 3 is 1.72 bits per heavy atom. The van der Waals surface area contributed by atoms with Crippen LogP contribution in [0.4, 0.5) is 0 Å². The van der Waals surface area contributed by atoms with Crippen LogP contribution in [0.1, 0.15) is 23.1 Å². The zero-order valence-corrected chi connectivity index (χ0v) is 24.2. The standard InChI is InChI=1S/C37H38O6/c1-5-14-28(15-6-1)24-38-27-33-35(39-25-29-16-7-2-8-17-29)37(40-26-30-18-9-3-10-19-30)36-32(42-33)22-13-23-34(43-36)41-31-20-11-4-12-21-31/h1-21,23,32-37H,22,24-27H2/t32-,33+,34-,35+,36-,37-/m0/s1. The molecule has 0 aliphatic carbocycles. The topological polar surface area (TPSA) is 55.4 Å². The van der Waals surface area contributed by atoms with E-state index >= 15 is 0 Å². The molecule has 0 bridgehead atoms. The highest BCUT2D eigenvalue weighted by Gasteiger charge is 2.49.